The lowest BCUT2D eigenvalue weighted by Crippen LogP contribution is -2.58. The van der Waals surface area contributed by atoms with Crippen molar-refractivity contribution in [1.29, 1.82) is 0 Å². The fourth-order valence-corrected chi connectivity index (χ4v) is 5.07. The summed E-state index contributed by atoms with van der Waals surface area (Å²) in [5.41, 5.74) is 2.16. The third-order valence-electron chi connectivity index (χ3n) is 7.26. The molecule has 3 aliphatic heterocycles. The first kappa shape index (κ1) is 27.9. The van der Waals surface area contributed by atoms with Gasteiger partial charge in [-0.05, 0) is 48.4 Å². The van der Waals surface area contributed by atoms with Crippen LogP contribution in [0.2, 0.25) is 0 Å². The number of aromatic amines is 1. The fourth-order valence-electron chi connectivity index (χ4n) is 5.07. The molecule has 0 spiro atoms. The van der Waals surface area contributed by atoms with Gasteiger partial charge in [-0.3, -0.25) is 14.4 Å². The van der Waals surface area contributed by atoms with Crippen molar-refractivity contribution in [1.82, 2.24) is 20.5 Å². The topological polar surface area (TPSA) is 131 Å². The van der Waals surface area contributed by atoms with Crippen LogP contribution in [0.4, 0.5) is 0 Å². The quantitative estimate of drug-likeness (QED) is 0.447. The highest BCUT2D eigenvalue weighted by Gasteiger charge is 2.35. The zero-order chi connectivity index (χ0) is 28.8. The smallest absolute Gasteiger partial charge is 0.270 e. The molecular weight excluding hydrogens is 528 g/mol. The maximum Gasteiger partial charge on any atom is 0.270 e. The van der Waals surface area contributed by atoms with Crippen molar-refractivity contribution in [3.05, 3.63) is 71.5 Å². The number of amides is 3. The Morgan fingerprint density at radius 1 is 1.00 bits per heavy atom. The van der Waals surface area contributed by atoms with Crippen LogP contribution in [-0.4, -0.2) is 73.7 Å². The van der Waals surface area contributed by atoms with E-state index in [-0.39, 0.29) is 37.3 Å². The number of aryl methyl sites for hydroxylation is 1. The number of benzene rings is 2. The molecule has 11 nitrogen and oxygen atoms in total. The zero-order valence-corrected chi connectivity index (χ0v) is 23.1. The maximum atomic E-state index is 13.1. The number of likely N-dealkylation sites (tertiary alicyclic amines) is 1. The molecule has 0 aliphatic carbocycles. The highest BCUT2D eigenvalue weighted by Crippen LogP contribution is 2.30. The SMILES string of the molecule is COc1cc2ccc1CNC(=O)CCc1ccc(OC)c(c1)OCC(=O)N[C@@H]1CN(C(=O)c3ccc[nH]3)CC[C@@H]1O2. The number of ether oxygens (including phenoxy) is 4. The van der Waals surface area contributed by atoms with E-state index in [1.807, 2.05) is 18.2 Å². The van der Waals surface area contributed by atoms with E-state index in [9.17, 15) is 14.4 Å². The number of hydrogen-bond acceptors (Lipinski definition) is 7. The zero-order valence-electron chi connectivity index (χ0n) is 23.1. The Morgan fingerprint density at radius 2 is 1.85 bits per heavy atom. The van der Waals surface area contributed by atoms with Gasteiger partial charge in [0.05, 0.1) is 20.3 Å². The summed E-state index contributed by atoms with van der Waals surface area (Å²) in [6.45, 7) is 0.749. The van der Waals surface area contributed by atoms with Crippen LogP contribution in [0.3, 0.4) is 0 Å². The Balaban J connectivity index is 1.42. The molecule has 2 atom stereocenters. The molecule has 11 heteroatoms. The van der Waals surface area contributed by atoms with Crippen LogP contribution in [0.1, 0.15) is 34.5 Å². The lowest BCUT2D eigenvalue weighted by atomic mass is 10.0. The summed E-state index contributed by atoms with van der Waals surface area (Å²) in [5.74, 6) is 1.40. The summed E-state index contributed by atoms with van der Waals surface area (Å²) in [6, 6.07) is 13.8. The van der Waals surface area contributed by atoms with Gasteiger partial charge in [0.25, 0.3) is 11.8 Å². The molecule has 41 heavy (non-hydrogen) atoms. The molecule has 0 radical (unpaired) electrons. The van der Waals surface area contributed by atoms with Gasteiger partial charge in [-0.2, -0.15) is 0 Å². The molecule has 0 saturated carbocycles. The van der Waals surface area contributed by atoms with Crippen molar-refractivity contribution in [2.24, 2.45) is 0 Å². The lowest BCUT2D eigenvalue weighted by Gasteiger charge is -2.38. The van der Waals surface area contributed by atoms with E-state index in [2.05, 4.69) is 15.6 Å². The van der Waals surface area contributed by atoms with Gasteiger partial charge in [0.2, 0.25) is 5.91 Å². The summed E-state index contributed by atoms with van der Waals surface area (Å²) in [5, 5.41) is 5.96. The van der Waals surface area contributed by atoms with Gasteiger partial charge in [0.15, 0.2) is 18.1 Å². The van der Waals surface area contributed by atoms with Gasteiger partial charge in [0, 0.05) is 50.3 Å². The van der Waals surface area contributed by atoms with Gasteiger partial charge >= 0.3 is 0 Å². The molecule has 1 fully saturated rings. The first-order chi connectivity index (χ1) is 19.9. The molecule has 3 amide bonds. The number of piperidine rings is 1. The minimum absolute atomic E-state index is 0.105. The van der Waals surface area contributed by atoms with Gasteiger partial charge in [-0.25, -0.2) is 0 Å². The van der Waals surface area contributed by atoms with Gasteiger partial charge < -0.3 is 39.5 Å². The molecule has 1 saturated heterocycles. The average molecular weight is 563 g/mol. The van der Waals surface area contributed by atoms with E-state index in [1.165, 1.54) is 7.11 Å². The summed E-state index contributed by atoms with van der Waals surface area (Å²) in [6.07, 6.45) is 2.54. The van der Waals surface area contributed by atoms with Crippen LogP contribution < -0.4 is 29.6 Å². The van der Waals surface area contributed by atoms with E-state index in [4.69, 9.17) is 18.9 Å². The Hall–Kier alpha value is -4.67. The molecule has 4 heterocycles. The Kier molecular flexibility index (Phi) is 8.61. The van der Waals surface area contributed by atoms with Gasteiger partial charge in [0.1, 0.15) is 23.3 Å². The predicted molar refractivity (Wildman–Crippen MR) is 149 cm³/mol. The second kappa shape index (κ2) is 12.7. The summed E-state index contributed by atoms with van der Waals surface area (Å²) in [7, 11) is 3.09. The molecule has 0 unspecified atom stereocenters. The van der Waals surface area contributed by atoms with Crippen molar-refractivity contribution < 1.29 is 33.3 Å². The summed E-state index contributed by atoms with van der Waals surface area (Å²) >= 11 is 0. The van der Waals surface area contributed by atoms with E-state index in [1.54, 1.807) is 48.5 Å². The maximum absolute atomic E-state index is 13.1. The van der Waals surface area contributed by atoms with E-state index >= 15 is 0 Å². The third-order valence-corrected chi connectivity index (χ3v) is 7.26. The largest absolute Gasteiger partial charge is 0.496 e. The van der Waals surface area contributed by atoms with Crippen molar-refractivity contribution in [3.63, 3.8) is 0 Å². The monoisotopic (exact) mass is 562 g/mol. The van der Waals surface area contributed by atoms with Crippen LogP contribution in [0, 0.1) is 0 Å². The standard InChI is InChI=1S/C30H34N4O7/c1-38-25-9-5-19-6-10-28(35)32-16-20-7-8-21(15-26(20)39-2)41-24-11-13-34(30(37)22-4-3-12-31-22)17-23(24)33-29(36)18-40-27(25)14-19/h3-5,7-9,12,14-15,23-24,31H,6,10-11,13,16-18H2,1-2H3,(H,32,35)(H,33,36)/t23-,24+/m1/s1. The van der Waals surface area contributed by atoms with Crippen molar-refractivity contribution in [3.8, 4) is 23.0 Å². The van der Waals surface area contributed by atoms with E-state index < -0.39 is 12.1 Å². The van der Waals surface area contributed by atoms with Crippen molar-refractivity contribution in [2.75, 3.05) is 33.9 Å². The Labute approximate surface area is 238 Å². The van der Waals surface area contributed by atoms with E-state index in [0.29, 0.717) is 54.6 Å². The van der Waals surface area contributed by atoms with Gasteiger partial charge in [-0.1, -0.05) is 6.07 Å². The normalized spacial score (nSPS) is 19.7. The minimum Gasteiger partial charge on any atom is -0.496 e. The Morgan fingerprint density at radius 3 is 2.63 bits per heavy atom. The second-order valence-electron chi connectivity index (χ2n) is 9.98. The molecule has 6 rings (SSSR count). The van der Waals surface area contributed by atoms with Crippen LogP contribution in [-0.2, 0) is 22.6 Å². The number of rotatable bonds is 3. The summed E-state index contributed by atoms with van der Waals surface area (Å²) < 4.78 is 23.2. The number of hydrogen-bond donors (Lipinski definition) is 3. The van der Waals surface area contributed by atoms with Crippen LogP contribution in [0.5, 0.6) is 23.0 Å². The highest BCUT2D eigenvalue weighted by atomic mass is 16.5. The minimum atomic E-state index is -0.501. The highest BCUT2D eigenvalue weighted by molar-refractivity contribution is 5.92. The number of nitrogens with zero attached hydrogens (tertiary/aromatic N) is 1. The van der Waals surface area contributed by atoms with Crippen LogP contribution in [0.15, 0.2) is 54.7 Å². The average Bonchev–Trinajstić information content (AvgIpc) is 3.53. The number of fused-ring (bicyclic) bond motifs is 9. The van der Waals surface area contributed by atoms with Crippen molar-refractivity contribution >= 4 is 17.7 Å². The number of nitrogens with one attached hydrogen (secondary N) is 3. The molecule has 3 aliphatic rings. The van der Waals surface area contributed by atoms with Crippen LogP contribution in [0.25, 0.3) is 0 Å². The molecule has 4 bridgehead atoms. The third kappa shape index (κ3) is 6.74. The molecular formula is C30H34N4O7. The van der Waals surface area contributed by atoms with Gasteiger partial charge in [-0.15, -0.1) is 0 Å². The first-order valence-corrected chi connectivity index (χ1v) is 13.6. The van der Waals surface area contributed by atoms with Crippen LogP contribution >= 0.6 is 0 Å². The lowest BCUT2D eigenvalue weighted by molar-refractivity contribution is -0.125. The number of carbonyl (C=O) groups excluding carboxylic acids is 3. The second-order valence-corrected chi connectivity index (χ2v) is 9.98. The molecule has 2 aromatic carbocycles. The van der Waals surface area contributed by atoms with E-state index in [0.717, 1.165) is 11.1 Å². The Bertz CT molecular complexity index is 1390. The number of aromatic nitrogens is 1. The summed E-state index contributed by atoms with van der Waals surface area (Å²) in [4.78, 5) is 43.4. The molecule has 1 aromatic heterocycles. The molecule has 3 aromatic rings. The van der Waals surface area contributed by atoms with Crippen molar-refractivity contribution in [2.45, 2.75) is 38.0 Å². The number of H-pyrrole nitrogens is 1. The molecule has 3 N–H and O–H groups in total. The fraction of sp³-hybridized carbons (Fsp3) is 0.367. The molecule has 216 valence electrons. The predicted octanol–water partition coefficient (Wildman–Crippen LogP) is 2.45. The first-order valence-electron chi connectivity index (χ1n) is 13.6. The number of methoxy groups -OCH3 is 2. The number of carbonyl (C=O) groups is 3.